The number of hydrogen-bond acceptors (Lipinski definition) is 18. The van der Waals surface area contributed by atoms with Crippen molar-refractivity contribution < 1.29 is 86.3 Å². The lowest BCUT2D eigenvalue weighted by Gasteiger charge is -2.00. The summed E-state index contributed by atoms with van der Waals surface area (Å²) in [5, 5.41) is 1.37. The Kier molecular flexibility index (Phi) is 80.4. The minimum absolute atomic E-state index is 0.0444. The van der Waals surface area contributed by atoms with E-state index >= 15 is 0 Å². The van der Waals surface area contributed by atoms with Gasteiger partial charge in [0.05, 0.1) is 12.2 Å². The second-order valence-corrected chi connectivity index (χ2v) is 43.9. The van der Waals surface area contributed by atoms with Crippen LogP contribution in [0.1, 0.15) is 136 Å². The zero-order chi connectivity index (χ0) is 95.2. The van der Waals surface area contributed by atoms with E-state index in [0.717, 1.165) is 6.42 Å². The van der Waals surface area contributed by atoms with Crippen LogP contribution in [0.15, 0.2) is 214 Å². The van der Waals surface area contributed by atoms with Crippen molar-refractivity contribution in [3.8, 4) is 0 Å². The van der Waals surface area contributed by atoms with Crippen molar-refractivity contribution in [2.24, 2.45) is 0 Å². The molecule has 18 heterocycles. The lowest BCUT2D eigenvalue weighted by atomic mass is 10.2. The van der Waals surface area contributed by atoms with Crippen molar-refractivity contribution in [2.75, 3.05) is 6.16 Å². The summed E-state index contributed by atoms with van der Waals surface area (Å²) in [6, 6.07) is 0. The van der Waals surface area contributed by atoms with Crippen LogP contribution >= 0.6 is 147 Å². The van der Waals surface area contributed by atoms with Crippen LogP contribution in [0.3, 0.4) is 0 Å². The number of rotatable bonds is 2. The molecule has 0 aliphatic carbocycles. The molecule has 18 aliphatic heterocycles. The third-order valence-electron chi connectivity index (χ3n) is 14.6. The standard InChI is InChI=1S/C9H14OP.17C5H5OP/c1-3-9-7-8(10)5-6-11(9)4-2;17*6-5-1-3-7-4-2-5/h6-7H,3-5H2,1-2H3;17*1,3-4H,2H2/q+1;;;;;;;;;;;;;;;;;. The maximum Gasteiger partial charge on any atom is 0.167 e. The van der Waals surface area contributed by atoms with E-state index < -0.39 is 0 Å². The molecule has 0 aromatic carbocycles. The zero-order valence-corrected chi connectivity index (χ0v) is 87.7. The zero-order valence-electron chi connectivity index (χ0n) is 71.6. The van der Waals surface area contributed by atoms with E-state index in [4.69, 9.17) is 0 Å². The molecule has 0 radical (unpaired) electrons. The summed E-state index contributed by atoms with van der Waals surface area (Å²) in [5.41, 5.74) is 0. The summed E-state index contributed by atoms with van der Waals surface area (Å²) in [5.74, 6) is 70.8. The quantitative estimate of drug-likeness (QED) is 0.232. The van der Waals surface area contributed by atoms with E-state index in [2.05, 4.69) is 19.6 Å². The van der Waals surface area contributed by atoms with Crippen molar-refractivity contribution in [2.45, 2.75) is 136 Å². The van der Waals surface area contributed by atoms with E-state index in [-0.39, 0.29) is 112 Å². The van der Waals surface area contributed by atoms with E-state index in [1.807, 2.05) is 204 Å². The highest BCUT2D eigenvalue weighted by atomic mass is 31.1. The first-order valence-electron chi connectivity index (χ1n) is 39.9. The predicted octanol–water partition coefficient (Wildman–Crippen LogP) is 23.3. The highest BCUT2D eigenvalue weighted by Crippen LogP contribution is 2.37. The average Bonchev–Trinajstić information content (AvgIpc) is 0.877. The molecule has 0 fully saturated rings. The largest absolute Gasteiger partial charge is 0.294 e. The highest BCUT2D eigenvalue weighted by Gasteiger charge is 2.20. The maximum absolute atomic E-state index is 11.0. The summed E-state index contributed by atoms with van der Waals surface area (Å²) < 4.78 is 0. The molecule has 1 unspecified atom stereocenters. The topological polar surface area (TPSA) is 307 Å². The van der Waals surface area contributed by atoms with Gasteiger partial charge < -0.3 is 0 Å². The Morgan fingerprint density at radius 1 is 0.169 bits per heavy atom. The lowest BCUT2D eigenvalue weighted by Crippen LogP contribution is -2.00. The van der Waals surface area contributed by atoms with E-state index in [1.165, 1.54) is 151 Å². The molecular weight excluding hydrogens is 1970 g/mol. The average molecular weight is 2070 g/mol. The van der Waals surface area contributed by atoms with E-state index in [0.29, 0.717) is 116 Å². The molecular formula is C94H99O18P18+. The summed E-state index contributed by atoms with van der Waals surface area (Å²) in [4.78, 5) is 187. The molecule has 36 heteroatoms. The Labute approximate surface area is 791 Å². The summed E-state index contributed by atoms with van der Waals surface area (Å²) >= 11 is 0. The monoisotopic (exact) mass is 2070 g/mol. The fourth-order valence-corrected chi connectivity index (χ4v) is 21.3. The van der Waals surface area contributed by atoms with E-state index in [1.54, 1.807) is 103 Å². The van der Waals surface area contributed by atoms with Crippen LogP contribution in [0.25, 0.3) is 0 Å². The number of carbonyl (C=O) groups is 18. The Bertz CT molecular complexity index is 3950. The van der Waals surface area contributed by atoms with Gasteiger partial charge in [-0.25, -0.2) is 0 Å². The second-order valence-electron chi connectivity index (χ2n) is 25.0. The molecule has 0 bridgehead atoms. The molecule has 18 aliphatic rings. The first-order chi connectivity index (χ1) is 63.0. The normalized spacial score (nSPS) is 20.4. The molecule has 1 atom stereocenters. The molecule has 0 saturated heterocycles. The SMILES string of the molecule is CCC1=CC(=O)CC=[P+]1CC.O=C1C=CP=CC1.O=C1C=CP=CC1.O=C1C=CP=CC1.O=C1C=CP=CC1.O=C1C=CP=CC1.O=C1C=CP=CC1.O=C1C=CP=CC1.O=C1C=CP=CC1.O=C1C=CP=CC1.O=C1C=CP=CC1.O=C1C=CP=CC1.O=C1C=CP=CC1.O=C1C=CP=CC1.O=C1C=CP=CC1.O=C1C=CP=CC1.O=C1C=CP=CC1.O=C1C=CP=CC1. The number of hydrogen-bond donors (Lipinski definition) is 0. The first kappa shape index (κ1) is 120. The molecule has 18 nitrogen and oxygen atoms in total. The molecule has 0 saturated carbocycles. The smallest absolute Gasteiger partial charge is 0.167 e. The molecule has 0 aromatic heterocycles. The van der Waals surface area contributed by atoms with Gasteiger partial charge in [0.15, 0.2) is 104 Å². The van der Waals surface area contributed by atoms with Crippen LogP contribution in [-0.2, 0) is 86.3 Å². The minimum atomic E-state index is -0.0444. The van der Waals surface area contributed by atoms with Gasteiger partial charge in [0.1, 0.15) is 19.0 Å². The third kappa shape index (κ3) is 81.2. The van der Waals surface area contributed by atoms with Crippen LogP contribution in [0.5, 0.6) is 0 Å². The van der Waals surface area contributed by atoms with Crippen molar-refractivity contribution in [3.63, 3.8) is 0 Å². The van der Waals surface area contributed by atoms with Gasteiger partial charge in [-0.05, 0) is 308 Å². The number of carbonyl (C=O) groups excluding carboxylic acids is 18. The highest BCUT2D eigenvalue weighted by molar-refractivity contribution is 7.61. The molecule has 0 aromatic rings. The van der Waals surface area contributed by atoms with Gasteiger partial charge in [-0.1, -0.05) is 146 Å². The van der Waals surface area contributed by atoms with Gasteiger partial charge in [0.2, 0.25) is 0 Å². The van der Waals surface area contributed by atoms with Crippen molar-refractivity contribution >= 4 is 355 Å². The maximum atomic E-state index is 11.0. The van der Waals surface area contributed by atoms with Gasteiger partial charge in [-0.2, -0.15) is 0 Å². The molecule has 130 heavy (non-hydrogen) atoms. The van der Waals surface area contributed by atoms with Crippen LogP contribution in [0.2, 0.25) is 0 Å². The van der Waals surface area contributed by atoms with Gasteiger partial charge >= 0.3 is 0 Å². The second kappa shape index (κ2) is 86.8. The van der Waals surface area contributed by atoms with Gasteiger partial charge in [0.25, 0.3) is 0 Å². The lowest BCUT2D eigenvalue weighted by molar-refractivity contribution is -0.114. The Balaban J connectivity index is 0.000000689. The number of allylic oxidation sites excluding steroid dienone is 19. The fraction of sp³-hybridized carbons (Fsp3) is 0.234. The van der Waals surface area contributed by atoms with Gasteiger partial charge in [0, 0.05) is 122 Å². The van der Waals surface area contributed by atoms with Crippen molar-refractivity contribution in [1.29, 1.82) is 0 Å². The Morgan fingerprint density at radius 3 is 0.338 bits per heavy atom. The van der Waals surface area contributed by atoms with Crippen LogP contribution in [0.4, 0.5) is 0 Å². The molecule has 672 valence electrons. The molecule has 0 amide bonds. The van der Waals surface area contributed by atoms with E-state index in [9.17, 15) is 86.3 Å². The summed E-state index contributed by atoms with van der Waals surface area (Å²) in [7, 11) is 19.8. The fourth-order valence-electron chi connectivity index (χ4n) is 8.04. The minimum Gasteiger partial charge on any atom is -0.294 e. The Morgan fingerprint density at radius 2 is 0.277 bits per heavy atom. The first-order valence-corrected chi connectivity index (χ1v) is 59.0. The molecule has 18 rings (SSSR count). The Hall–Kier alpha value is -7.56. The summed E-state index contributed by atoms with van der Waals surface area (Å²) in [6.07, 6.45) is 43.0. The van der Waals surface area contributed by atoms with Crippen LogP contribution < -0.4 is 0 Å². The van der Waals surface area contributed by atoms with Gasteiger partial charge in [-0.15, -0.1) is 0 Å². The third-order valence-corrected chi connectivity index (χ3v) is 29.2. The molecule has 0 spiro atoms. The van der Waals surface area contributed by atoms with Crippen LogP contribution in [0, 0.1) is 0 Å². The van der Waals surface area contributed by atoms with Crippen molar-refractivity contribution in [3.05, 3.63) is 214 Å². The predicted molar refractivity (Wildman–Crippen MR) is 591 cm³/mol. The summed E-state index contributed by atoms with van der Waals surface area (Å²) in [6.45, 7) is 4.32. The van der Waals surface area contributed by atoms with Crippen molar-refractivity contribution in [1.82, 2.24) is 0 Å². The van der Waals surface area contributed by atoms with Gasteiger partial charge in [-0.3, -0.25) is 86.3 Å². The number of ketones is 18. The van der Waals surface area contributed by atoms with Crippen LogP contribution in [-0.4, -0.2) is 215 Å². The molecule has 0 N–H and O–H groups in total.